The summed E-state index contributed by atoms with van der Waals surface area (Å²) in [6.07, 6.45) is 22.7. The fourth-order valence-corrected chi connectivity index (χ4v) is 2.97. The van der Waals surface area contributed by atoms with Gasteiger partial charge in [-0.15, -0.1) is 0 Å². The largest absolute Gasteiger partial charge is 0.0654 e. The van der Waals surface area contributed by atoms with E-state index < -0.39 is 0 Å². The average molecular weight is 282 g/mol. The summed E-state index contributed by atoms with van der Waals surface area (Å²) < 4.78 is 0. The first-order chi connectivity index (χ1) is 9.81. The van der Waals surface area contributed by atoms with E-state index in [9.17, 15) is 0 Å². The summed E-state index contributed by atoms with van der Waals surface area (Å²) in [5.41, 5.74) is 0. The van der Waals surface area contributed by atoms with E-state index >= 15 is 0 Å². The highest BCUT2D eigenvalue weighted by Crippen LogP contribution is 2.18. The Morgan fingerprint density at radius 3 is 1.45 bits per heavy atom. The van der Waals surface area contributed by atoms with E-state index in [4.69, 9.17) is 0 Å². The van der Waals surface area contributed by atoms with Gasteiger partial charge in [-0.25, -0.2) is 0 Å². The summed E-state index contributed by atoms with van der Waals surface area (Å²) in [4.78, 5) is 0. The van der Waals surface area contributed by atoms with E-state index in [0.29, 0.717) is 0 Å². The first kappa shape index (κ1) is 20.0. The van der Waals surface area contributed by atoms with Crippen LogP contribution in [0, 0.1) is 12.8 Å². The monoisotopic (exact) mass is 281 g/mol. The predicted molar refractivity (Wildman–Crippen MR) is 94.1 cm³/mol. The maximum atomic E-state index is 3.90. The molecule has 1 atom stereocenters. The lowest BCUT2D eigenvalue weighted by molar-refractivity contribution is 0.431. The molecule has 0 nitrogen and oxygen atoms in total. The minimum atomic E-state index is 0.966. The highest BCUT2D eigenvalue weighted by Gasteiger charge is 2.01. The highest BCUT2D eigenvalue weighted by atomic mass is 14.1. The van der Waals surface area contributed by atoms with E-state index in [-0.39, 0.29) is 0 Å². The van der Waals surface area contributed by atoms with Crippen molar-refractivity contribution in [2.75, 3.05) is 0 Å². The molecule has 0 rings (SSSR count). The van der Waals surface area contributed by atoms with Crippen LogP contribution >= 0.6 is 0 Å². The third-order valence-electron chi connectivity index (χ3n) is 4.50. The molecule has 1 unspecified atom stereocenters. The molecule has 0 fully saturated rings. The molecule has 0 N–H and O–H groups in total. The van der Waals surface area contributed by atoms with E-state index in [2.05, 4.69) is 20.8 Å². The molecule has 0 aromatic carbocycles. The van der Waals surface area contributed by atoms with Crippen molar-refractivity contribution >= 4 is 0 Å². The van der Waals surface area contributed by atoms with Crippen molar-refractivity contribution in [1.29, 1.82) is 0 Å². The molecule has 0 aliphatic carbocycles. The van der Waals surface area contributed by atoms with Crippen molar-refractivity contribution in [3.05, 3.63) is 6.92 Å². The molecule has 0 spiro atoms. The Labute approximate surface area is 130 Å². The van der Waals surface area contributed by atoms with Gasteiger partial charge < -0.3 is 0 Å². The van der Waals surface area contributed by atoms with Crippen LogP contribution in [0.25, 0.3) is 0 Å². The van der Waals surface area contributed by atoms with Crippen LogP contribution in [0.3, 0.4) is 0 Å². The van der Waals surface area contributed by atoms with Gasteiger partial charge in [-0.3, -0.25) is 0 Å². The Balaban J connectivity index is 3.09. The SMILES string of the molecule is [CH2]CCCCCCCCCCC(C)CCCCCCC. The Hall–Kier alpha value is 0. The molecule has 1 radical (unpaired) electrons. The number of rotatable bonds is 16. The van der Waals surface area contributed by atoms with Crippen LogP contribution in [0.5, 0.6) is 0 Å². The number of unbranched alkanes of at least 4 members (excludes halogenated alkanes) is 12. The lowest BCUT2D eigenvalue weighted by atomic mass is 9.96. The maximum Gasteiger partial charge on any atom is -0.0443 e. The van der Waals surface area contributed by atoms with E-state index in [0.717, 1.165) is 12.3 Å². The minimum Gasteiger partial charge on any atom is -0.0654 e. The smallest absolute Gasteiger partial charge is 0.0443 e. The summed E-state index contributed by atoms with van der Waals surface area (Å²) in [6, 6.07) is 0. The quantitative estimate of drug-likeness (QED) is 0.254. The third-order valence-corrected chi connectivity index (χ3v) is 4.50. The molecule has 0 aliphatic rings. The van der Waals surface area contributed by atoms with Gasteiger partial charge in [0.25, 0.3) is 0 Å². The summed E-state index contributed by atoms with van der Waals surface area (Å²) in [5, 5.41) is 0. The fourth-order valence-electron chi connectivity index (χ4n) is 2.97. The van der Waals surface area contributed by atoms with Crippen molar-refractivity contribution in [3.8, 4) is 0 Å². The van der Waals surface area contributed by atoms with Gasteiger partial charge in [0.1, 0.15) is 0 Å². The van der Waals surface area contributed by atoms with Crippen LogP contribution in [-0.2, 0) is 0 Å². The van der Waals surface area contributed by atoms with E-state index in [1.165, 1.54) is 96.3 Å². The number of hydrogen-bond acceptors (Lipinski definition) is 0. The van der Waals surface area contributed by atoms with Crippen LogP contribution < -0.4 is 0 Å². The summed E-state index contributed by atoms with van der Waals surface area (Å²) in [6.45, 7) is 8.65. The van der Waals surface area contributed by atoms with Crippen molar-refractivity contribution < 1.29 is 0 Å². The van der Waals surface area contributed by atoms with Gasteiger partial charge >= 0.3 is 0 Å². The molecule has 0 aromatic heterocycles. The summed E-state index contributed by atoms with van der Waals surface area (Å²) in [7, 11) is 0. The molecule has 0 heterocycles. The number of hydrogen-bond donors (Lipinski definition) is 0. The zero-order chi connectivity index (χ0) is 14.9. The first-order valence-corrected chi connectivity index (χ1v) is 9.60. The lowest BCUT2D eigenvalue weighted by Crippen LogP contribution is -1.95. The van der Waals surface area contributed by atoms with Crippen molar-refractivity contribution in [2.24, 2.45) is 5.92 Å². The Bertz CT molecular complexity index is 161. The third kappa shape index (κ3) is 16.1. The van der Waals surface area contributed by atoms with Crippen LogP contribution in [0.4, 0.5) is 0 Å². The van der Waals surface area contributed by atoms with E-state index in [1.54, 1.807) is 0 Å². The topological polar surface area (TPSA) is 0 Å². The van der Waals surface area contributed by atoms with Crippen molar-refractivity contribution in [2.45, 2.75) is 117 Å². The molecule has 0 aliphatic heterocycles. The van der Waals surface area contributed by atoms with Gasteiger partial charge in [0.15, 0.2) is 0 Å². The van der Waals surface area contributed by atoms with Gasteiger partial charge in [-0.2, -0.15) is 0 Å². The molecule has 0 saturated carbocycles. The average Bonchev–Trinajstić information content (AvgIpc) is 2.45. The van der Waals surface area contributed by atoms with Gasteiger partial charge in [0, 0.05) is 0 Å². The normalized spacial score (nSPS) is 12.8. The molecule has 0 aromatic rings. The summed E-state index contributed by atoms with van der Waals surface area (Å²) >= 11 is 0. The molecule has 121 valence electrons. The fraction of sp³-hybridized carbons (Fsp3) is 0.950. The van der Waals surface area contributed by atoms with Gasteiger partial charge in [-0.1, -0.05) is 124 Å². The highest BCUT2D eigenvalue weighted by molar-refractivity contribution is 4.55. The Morgan fingerprint density at radius 1 is 0.600 bits per heavy atom. The van der Waals surface area contributed by atoms with Crippen LogP contribution in [0.15, 0.2) is 0 Å². The van der Waals surface area contributed by atoms with E-state index in [1.807, 2.05) is 0 Å². The van der Waals surface area contributed by atoms with Gasteiger partial charge in [-0.05, 0) is 5.92 Å². The minimum absolute atomic E-state index is 0.966. The zero-order valence-corrected chi connectivity index (χ0v) is 14.6. The predicted octanol–water partition coefficient (Wildman–Crippen LogP) is 7.72. The molecule has 0 bridgehead atoms. The maximum absolute atomic E-state index is 3.90. The van der Waals surface area contributed by atoms with Crippen LogP contribution in [0.1, 0.15) is 117 Å². The summed E-state index contributed by atoms with van der Waals surface area (Å²) in [5.74, 6) is 0.966. The van der Waals surface area contributed by atoms with Crippen molar-refractivity contribution in [1.82, 2.24) is 0 Å². The zero-order valence-electron chi connectivity index (χ0n) is 14.6. The van der Waals surface area contributed by atoms with Crippen molar-refractivity contribution in [3.63, 3.8) is 0 Å². The molecule has 0 heteroatoms. The second-order valence-corrected chi connectivity index (χ2v) is 6.78. The molecule has 0 saturated heterocycles. The Kier molecular flexibility index (Phi) is 17.1. The lowest BCUT2D eigenvalue weighted by Gasteiger charge is -2.11. The van der Waals surface area contributed by atoms with Gasteiger partial charge in [0.05, 0.1) is 0 Å². The molecule has 20 heavy (non-hydrogen) atoms. The molecule has 0 amide bonds. The second kappa shape index (κ2) is 17.1. The van der Waals surface area contributed by atoms with Crippen LogP contribution in [-0.4, -0.2) is 0 Å². The van der Waals surface area contributed by atoms with Crippen LogP contribution in [0.2, 0.25) is 0 Å². The molecular weight excluding hydrogens is 240 g/mol. The first-order valence-electron chi connectivity index (χ1n) is 9.60. The van der Waals surface area contributed by atoms with Gasteiger partial charge in [0.2, 0.25) is 0 Å². The molecular formula is C20H41. The standard InChI is InChI=1S/C20H41/c1-4-6-8-10-11-12-13-15-17-19-20(3)18-16-14-9-7-5-2/h20H,1,4-19H2,2-3H3. The Morgan fingerprint density at radius 2 is 1.00 bits per heavy atom. The second-order valence-electron chi connectivity index (χ2n) is 6.78.